The van der Waals surface area contributed by atoms with Crippen LogP contribution in [0.1, 0.15) is 205 Å². The van der Waals surface area contributed by atoms with Crippen LogP contribution in [0.2, 0.25) is 0 Å². The van der Waals surface area contributed by atoms with Gasteiger partial charge in [-0.2, -0.15) is 0 Å². The number of Topliss-reactive ketones (excluding diaryl/α,β-unsaturated/α-hetero) is 5. The molecule has 6 rings (SSSR count). The maximum atomic E-state index is 12.2. The van der Waals surface area contributed by atoms with Crippen molar-refractivity contribution < 1.29 is 71.6 Å². The van der Waals surface area contributed by atoms with Crippen LogP contribution >= 0.6 is 23.4 Å². The molecule has 82 heavy (non-hydrogen) atoms. The highest BCUT2D eigenvalue weighted by Gasteiger charge is 2.50. The van der Waals surface area contributed by atoms with E-state index in [0.717, 1.165) is 37.9 Å². The predicted octanol–water partition coefficient (Wildman–Crippen LogP) is 11.9. The topological polar surface area (TPSA) is 233 Å². The fraction of sp³-hybridized carbons (Fsp3) is 0.833. The summed E-state index contributed by atoms with van der Waals surface area (Å²) in [6.45, 7) is 41.6. The molecule has 0 spiro atoms. The molecule has 9 unspecified atom stereocenters. The van der Waals surface area contributed by atoms with Gasteiger partial charge in [0.2, 0.25) is 0 Å². The number of fused-ring (bicyclic) bond motifs is 1. The van der Waals surface area contributed by atoms with Gasteiger partial charge in [0, 0.05) is 38.5 Å². The quantitative estimate of drug-likeness (QED) is 0.184. The van der Waals surface area contributed by atoms with E-state index in [1.807, 2.05) is 96.9 Å². The van der Waals surface area contributed by atoms with Gasteiger partial charge in [-0.15, -0.1) is 23.4 Å². The van der Waals surface area contributed by atoms with Crippen LogP contribution in [-0.2, 0) is 47.7 Å². The second kappa shape index (κ2) is 30.4. The number of hydrogen-bond donors (Lipinski definition) is 0. The van der Waals surface area contributed by atoms with Gasteiger partial charge in [0.25, 0.3) is 0 Å². The van der Waals surface area contributed by atoms with Crippen molar-refractivity contribution in [3.8, 4) is 0 Å². The van der Waals surface area contributed by atoms with Crippen molar-refractivity contribution in [2.24, 2.45) is 17.8 Å². The summed E-state index contributed by atoms with van der Waals surface area (Å²) < 4.78 is 26.4. The van der Waals surface area contributed by atoms with Gasteiger partial charge in [0.15, 0.2) is 28.9 Å². The molecule has 5 heterocycles. The highest BCUT2D eigenvalue weighted by molar-refractivity contribution is 8.00. The van der Waals surface area contributed by atoms with E-state index >= 15 is 0 Å². The lowest BCUT2D eigenvalue weighted by Gasteiger charge is -2.34. The first-order chi connectivity index (χ1) is 36.7. The minimum Gasteiger partial charge on any atom is -0.444 e. The van der Waals surface area contributed by atoms with E-state index in [4.69, 9.17) is 35.3 Å². The van der Waals surface area contributed by atoms with Gasteiger partial charge in [0.05, 0.1) is 23.5 Å². The van der Waals surface area contributed by atoms with Crippen molar-refractivity contribution in [3.63, 3.8) is 0 Å². The average molecular weight is 1200 g/mol. The van der Waals surface area contributed by atoms with E-state index < -0.39 is 51.8 Å². The summed E-state index contributed by atoms with van der Waals surface area (Å²) in [7, 11) is 0. The van der Waals surface area contributed by atoms with Crippen molar-refractivity contribution in [1.29, 1.82) is 0 Å². The van der Waals surface area contributed by atoms with Crippen molar-refractivity contribution in [2.45, 2.75) is 267 Å². The molecule has 9 atom stereocenters. The Bertz CT molecular complexity index is 2220. The molecule has 0 aromatic heterocycles. The number of thioether (sulfide) groups is 1. The molecule has 5 aliphatic heterocycles. The normalized spacial score (nSPS) is 25.9. The number of ketones is 5. The van der Waals surface area contributed by atoms with Gasteiger partial charge >= 0.3 is 30.5 Å². The van der Waals surface area contributed by atoms with E-state index in [1.54, 1.807) is 42.4 Å². The van der Waals surface area contributed by atoms with E-state index in [9.17, 15) is 47.9 Å². The van der Waals surface area contributed by atoms with Crippen LogP contribution < -0.4 is 0 Å². The van der Waals surface area contributed by atoms with E-state index in [1.165, 1.54) is 55.7 Å². The largest absolute Gasteiger partial charge is 0.444 e. The molecule has 1 aliphatic carbocycles. The minimum absolute atomic E-state index is 0. The lowest BCUT2D eigenvalue weighted by atomic mass is 9.92. The standard InChI is InChI=1S/C14H23NO3.2C12H21NO3.C11H18ClNO3.C10H17NO3S.CH4/c1-9(16)12-11-7-5-6-10(11)8-15(12)13(17)18-14(2,3)4;1-9(14)12(5)7-6-8-13(12)10(15)16-11(2,3)4;1-8-6-7-13(10(8)9(2)14)11(15)16-12(3,4)5;1-7(14)9-5-8(12)6-13(9)10(15)16-11(2,3)4;1-7(12)8-11(5-6-15-8)9(13)14-10(2,3)4;/h10-12H,5-8H2,1-4H3;6-8H2,1-5H3;8,10H,6-7H2,1-5H3;8-9H,5-6H2,1-4H3;8H,5-6H2,1-4H3;1H4. The van der Waals surface area contributed by atoms with E-state index in [2.05, 4.69) is 0 Å². The zero-order chi connectivity index (χ0) is 62.7. The molecule has 6 aliphatic rings. The number of halogens is 1. The number of nitrogens with zero attached hydrogens (tertiary/aromatic N) is 5. The number of rotatable bonds is 5. The maximum absolute atomic E-state index is 12.2. The fourth-order valence-electron chi connectivity index (χ4n) is 10.4. The van der Waals surface area contributed by atoms with Crippen LogP contribution in [0.4, 0.5) is 24.0 Å². The molecule has 22 heteroatoms. The summed E-state index contributed by atoms with van der Waals surface area (Å²) in [4.78, 5) is 125. The maximum Gasteiger partial charge on any atom is 0.411 e. The first-order valence-electron chi connectivity index (χ1n) is 28.5. The van der Waals surface area contributed by atoms with Gasteiger partial charge in [-0.1, -0.05) is 20.8 Å². The van der Waals surface area contributed by atoms with Gasteiger partial charge in [-0.05, 0) is 202 Å². The number of alkyl halides is 1. The first-order valence-corrected chi connectivity index (χ1v) is 30.0. The van der Waals surface area contributed by atoms with Crippen molar-refractivity contribution in [1.82, 2.24) is 24.5 Å². The molecule has 472 valence electrons. The molecule has 0 aromatic carbocycles. The summed E-state index contributed by atoms with van der Waals surface area (Å²) in [5.41, 5.74) is -3.27. The Hall–Kier alpha value is -4.66. The number of hydrogen-bond acceptors (Lipinski definition) is 16. The molecule has 0 radical (unpaired) electrons. The molecular weight excluding hydrogens is 1100 g/mol. The molecule has 20 nitrogen and oxygen atoms in total. The van der Waals surface area contributed by atoms with Crippen LogP contribution in [0.5, 0.6) is 0 Å². The van der Waals surface area contributed by atoms with E-state index in [0.29, 0.717) is 51.0 Å². The monoisotopic (exact) mass is 1200 g/mol. The fourth-order valence-corrected chi connectivity index (χ4v) is 11.8. The number of carbonyl (C=O) groups excluding carboxylic acids is 10. The summed E-state index contributed by atoms with van der Waals surface area (Å²) in [6, 6.07) is -1.00. The van der Waals surface area contributed by atoms with Gasteiger partial charge < -0.3 is 23.7 Å². The average Bonchev–Trinajstić information content (AvgIpc) is 4.13. The number of amides is 5. The number of likely N-dealkylation sites (tertiary alicyclic amines) is 4. The predicted molar refractivity (Wildman–Crippen MR) is 319 cm³/mol. The van der Waals surface area contributed by atoms with Crippen LogP contribution in [0.15, 0.2) is 0 Å². The number of ether oxygens (including phenoxy) is 5. The van der Waals surface area contributed by atoms with E-state index in [-0.39, 0.29) is 83.4 Å². The summed E-state index contributed by atoms with van der Waals surface area (Å²) in [6.07, 6.45) is 4.38. The Kier molecular flexibility index (Phi) is 28.0. The highest BCUT2D eigenvalue weighted by atomic mass is 35.5. The van der Waals surface area contributed by atoms with Crippen molar-refractivity contribution in [2.75, 3.05) is 38.5 Å². The second-order valence-electron chi connectivity index (χ2n) is 27.2. The Labute approximate surface area is 500 Å². The Morgan fingerprint density at radius 3 is 1.37 bits per heavy atom. The molecular formula is C60H104ClN5O15S. The Morgan fingerprint density at radius 2 is 0.939 bits per heavy atom. The first kappa shape index (κ1) is 75.4. The highest BCUT2D eigenvalue weighted by Crippen LogP contribution is 2.43. The smallest absolute Gasteiger partial charge is 0.411 e. The SMILES string of the molecule is C.CC(=O)C1(C)CCCN1C(=O)OC(C)(C)C.CC(=O)C1C(C)CCN1C(=O)OC(C)(C)C.CC(=O)C1C2CCCC2CN1C(=O)OC(C)(C)C.CC(=O)C1CC(Cl)CN1C(=O)OC(C)(C)C.CC(=O)C1SCCN1C(=O)OC(C)(C)C. The van der Waals surface area contributed by atoms with Crippen molar-refractivity contribution >= 4 is 82.7 Å². The Morgan fingerprint density at radius 1 is 0.500 bits per heavy atom. The molecule has 6 fully saturated rings. The van der Waals surface area contributed by atoms with Gasteiger partial charge in [-0.25, -0.2) is 24.0 Å². The van der Waals surface area contributed by atoms with Gasteiger partial charge in [-0.3, -0.25) is 48.5 Å². The Balaban J connectivity index is 0.000000512. The third-order valence-electron chi connectivity index (χ3n) is 13.9. The lowest BCUT2D eigenvalue weighted by Crippen LogP contribution is -2.51. The molecule has 0 bridgehead atoms. The summed E-state index contributed by atoms with van der Waals surface area (Å²) >= 11 is 7.45. The molecule has 0 N–H and O–H groups in total. The molecule has 5 amide bonds. The van der Waals surface area contributed by atoms with Gasteiger partial charge in [0.1, 0.15) is 38.9 Å². The third kappa shape index (κ3) is 23.8. The van der Waals surface area contributed by atoms with Crippen LogP contribution in [-0.4, -0.2) is 185 Å². The molecule has 5 saturated heterocycles. The molecule has 1 saturated carbocycles. The summed E-state index contributed by atoms with van der Waals surface area (Å²) in [5, 5.41) is -0.527. The molecule has 0 aromatic rings. The summed E-state index contributed by atoms with van der Waals surface area (Å²) in [5.74, 6) is 1.98. The lowest BCUT2D eigenvalue weighted by molar-refractivity contribution is -0.126. The van der Waals surface area contributed by atoms with Crippen molar-refractivity contribution in [3.05, 3.63) is 0 Å². The zero-order valence-electron chi connectivity index (χ0n) is 53.0. The third-order valence-corrected chi connectivity index (χ3v) is 15.5. The zero-order valence-corrected chi connectivity index (χ0v) is 54.5. The minimum atomic E-state index is -0.678. The number of carbonyl (C=O) groups is 10. The van der Waals surface area contributed by atoms with Crippen LogP contribution in [0.25, 0.3) is 0 Å². The second-order valence-corrected chi connectivity index (χ2v) is 29.0. The van der Waals surface area contributed by atoms with Crippen LogP contribution in [0.3, 0.4) is 0 Å². The van der Waals surface area contributed by atoms with Crippen LogP contribution in [0, 0.1) is 17.8 Å².